The maximum Gasteiger partial charge on any atom is 0.405 e. The number of ether oxygens (including phenoxy) is 1. The first-order valence-corrected chi connectivity index (χ1v) is 7.93. The summed E-state index contributed by atoms with van der Waals surface area (Å²) in [5.74, 6) is -1.80. The molecule has 8 nitrogen and oxygen atoms in total. The van der Waals surface area contributed by atoms with Crippen molar-refractivity contribution < 1.29 is 24.1 Å². The lowest BCUT2D eigenvalue weighted by molar-refractivity contribution is -0.380. The number of imide groups is 1. The highest BCUT2D eigenvalue weighted by Gasteiger charge is 2.28. The largest absolute Gasteiger partial charge is 0.448 e. The van der Waals surface area contributed by atoms with Gasteiger partial charge in [-0.25, -0.2) is 9.59 Å². The van der Waals surface area contributed by atoms with Gasteiger partial charge in [0.25, 0.3) is 11.1 Å². The van der Waals surface area contributed by atoms with Crippen LogP contribution in [0.25, 0.3) is 0 Å². The summed E-state index contributed by atoms with van der Waals surface area (Å²) in [6, 6.07) is -0.790. The molecule has 0 saturated carbocycles. The lowest BCUT2D eigenvalue weighted by Crippen LogP contribution is -2.44. The van der Waals surface area contributed by atoms with Gasteiger partial charge < -0.3 is 15.8 Å². The number of hydrogen-bond acceptors (Lipinski definition) is 5. The van der Waals surface area contributed by atoms with Crippen molar-refractivity contribution in [1.82, 2.24) is 10.6 Å². The number of amides is 3. The monoisotopic (exact) mass is 397 g/mol. The van der Waals surface area contributed by atoms with Gasteiger partial charge in [0.1, 0.15) is 10.0 Å². The Morgan fingerprint density at radius 1 is 1.25 bits per heavy atom. The van der Waals surface area contributed by atoms with Gasteiger partial charge in [0, 0.05) is 6.04 Å². The highest BCUT2D eigenvalue weighted by Crippen LogP contribution is 2.32. The molecule has 1 heterocycles. The van der Waals surface area contributed by atoms with Gasteiger partial charge >= 0.3 is 17.7 Å². The van der Waals surface area contributed by atoms with E-state index in [-0.39, 0.29) is 32.6 Å². The fourth-order valence-corrected chi connectivity index (χ4v) is 2.04. The lowest BCUT2D eigenvalue weighted by atomic mass is 10.3. The topological polar surface area (TPSA) is 125 Å². The number of hydrogen-bond donors (Lipinski definition) is 3. The summed E-state index contributed by atoms with van der Waals surface area (Å²) >= 11 is 17.4. The Labute approximate surface area is 153 Å². The third-order valence-corrected chi connectivity index (χ3v) is 4.07. The molecule has 1 aromatic rings. The van der Waals surface area contributed by atoms with E-state index < -0.39 is 24.5 Å². The fraction of sp³-hybridized carbons (Fsp3) is 0.385. The first kappa shape index (κ1) is 20.3. The van der Waals surface area contributed by atoms with Crippen LogP contribution >= 0.6 is 34.8 Å². The molecular weight excluding hydrogens is 383 g/mol. The van der Waals surface area contributed by atoms with E-state index in [1.54, 1.807) is 6.92 Å². The summed E-state index contributed by atoms with van der Waals surface area (Å²) < 4.78 is 4.75. The molecule has 24 heavy (non-hydrogen) atoms. The summed E-state index contributed by atoms with van der Waals surface area (Å²) in [6.07, 6.45) is 0.698. The smallest absolute Gasteiger partial charge is 0.405 e. The molecule has 0 bridgehead atoms. The van der Waals surface area contributed by atoms with E-state index in [2.05, 4.69) is 10.3 Å². The van der Waals surface area contributed by atoms with Gasteiger partial charge in [-0.3, -0.25) is 10.1 Å². The molecule has 0 aliphatic carbocycles. The number of rotatable bonds is 5. The molecule has 0 aliphatic heterocycles. The number of aromatic amines is 1. The molecule has 0 saturated heterocycles. The van der Waals surface area contributed by atoms with Crippen LogP contribution in [0.5, 0.6) is 0 Å². The SMILES string of the molecule is CC[C@@H](C)NC(=O)NC(=O)COC(=O)c1[nH+]c(Cl)c(Cl)c(N)c1Cl. The molecule has 0 radical (unpaired) electrons. The number of esters is 1. The van der Waals surface area contributed by atoms with Gasteiger partial charge in [0.05, 0.1) is 5.69 Å². The standard InChI is InChI=1S/C13H15Cl3N4O4/c1-3-5(2)18-13(23)19-6(21)4-24-12(22)10-7(14)9(17)8(15)11(16)20-10/h5H,3-4H2,1-2H3,(H2,17,20)(H2,18,19,21,23)/p+1/t5-/m1/s1. The minimum absolute atomic E-state index is 0.0438. The van der Waals surface area contributed by atoms with Crippen LogP contribution < -0.4 is 21.4 Å². The van der Waals surface area contributed by atoms with Crippen LogP contribution in [-0.2, 0) is 9.53 Å². The van der Waals surface area contributed by atoms with Crippen LogP contribution in [-0.4, -0.2) is 30.6 Å². The Hall–Kier alpha value is -1.77. The molecule has 0 spiro atoms. The number of halogens is 3. The van der Waals surface area contributed by atoms with Crippen molar-refractivity contribution in [1.29, 1.82) is 0 Å². The summed E-state index contributed by atoms with van der Waals surface area (Å²) in [7, 11) is 0. The molecule has 0 aliphatic rings. The zero-order valence-electron chi connectivity index (χ0n) is 12.8. The molecule has 1 rings (SSSR count). The summed E-state index contributed by atoms with van der Waals surface area (Å²) in [6.45, 7) is 2.95. The number of H-pyrrole nitrogens is 1. The van der Waals surface area contributed by atoms with Crippen molar-refractivity contribution in [2.75, 3.05) is 12.3 Å². The Morgan fingerprint density at radius 3 is 2.46 bits per heavy atom. The second kappa shape index (κ2) is 8.91. The third-order valence-electron chi connectivity index (χ3n) is 2.90. The Kier molecular flexibility index (Phi) is 7.53. The number of aromatic nitrogens is 1. The summed E-state index contributed by atoms with van der Waals surface area (Å²) in [4.78, 5) is 37.4. The molecule has 3 amide bonds. The maximum absolute atomic E-state index is 11.9. The first-order chi connectivity index (χ1) is 11.2. The third kappa shape index (κ3) is 5.40. The number of urea groups is 1. The van der Waals surface area contributed by atoms with Crippen molar-refractivity contribution in [2.45, 2.75) is 26.3 Å². The highest BCUT2D eigenvalue weighted by molar-refractivity contribution is 6.45. The van der Waals surface area contributed by atoms with Crippen LogP contribution in [0.1, 0.15) is 30.8 Å². The van der Waals surface area contributed by atoms with Crippen molar-refractivity contribution in [3.8, 4) is 0 Å². The van der Waals surface area contributed by atoms with E-state index in [0.29, 0.717) is 6.42 Å². The lowest BCUT2D eigenvalue weighted by Gasteiger charge is -2.11. The predicted molar refractivity (Wildman–Crippen MR) is 89.2 cm³/mol. The molecule has 5 N–H and O–H groups in total. The molecule has 132 valence electrons. The molecule has 1 aromatic heterocycles. The number of nitrogens with two attached hydrogens (primary N) is 1. The van der Waals surface area contributed by atoms with E-state index in [4.69, 9.17) is 45.3 Å². The van der Waals surface area contributed by atoms with Crippen LogP contribution in [0.3, 0.4) is 0 Å². The van der Waals surface area contributed by atoms with E-state index in [9.17, 15) is 14.4 Å². The summed E-state index contributed by atoms with van der Waals surface area (Å²) in [5.41, 5.74) is 5.23. The number of nitrogens with one attached hydrogen (secondary N) is 3. The highest BCUT2D eigenvalue weighted by atomic mass is 35.5. The number of anilines is 1. The van der Waals surface area contributed by atoms with Gasteiger partial charge in [-0.15, -0.1) is 0 Å². The Balaban J connectivity index is 2.64. The van der Waals surface area contributed by atoms with Crippen LogP contribution in [0, 0.1) is 0 Å². The van der Waals surface area contributed by atoms with Gasteiger partial charge in [-0.05, 0) is 24.9 Å². The predicted octanol–water partition coefficient (Wildman–Crippen LogP) is 1.82. The van der Waals surface area contributed by atoms with Gasteiger partial charge in [0.15, 0.2) is 6.61 Å². The minimum atomic E-state index is -0.984. The van der Waals surface area contributed by atoms with E-state index in [1.807, 2.05) is 12.2 Å². The number of carbonyl (C=O) groups excluding carboxylic acids is 3. The average molecular weight is 399 g/mol. The van der Waals surface area contributed by atoms with Gasteiger partial charge in [-0.2, -0.15) is 4.98 Å². The zero-order chi connectivity index (χ0) is 18.4. The van der Waals surface area contributed by atoms with Crippen molar-refractivity contribution in [3.63, 3.8) is 0 Å². The maximum atomic E-state index is 11.9. The van der Waals surface area contributed by atoms with E-state index >= 15 is 0 Å². The van der Waals surface area contributed by atoms with E-state index in [1.165, 1.54) is 0 Å². The Bertz CT molecular complexity index is 669. The molecular formula is C13H16Cl3N4O4+. The minimum Gasteiger partial charge on any atom is -0.448 e. The van der Waals surface area contributed by atoms with Gasteiger partial charge in [-0.1, -0.05) is 30.1 Å². The van der Waals surface area contributed by atoms with Gasteiger partial charge in [0.2, 0.25) is 0 Å². The van der Waals surface area contributed by atoms with Crippen molar-refractivity contribution in [3.05, 3.63) is 20.9 Å². The Morgan fingerprint density at radius 2 is 1.88 bits per heavy atom. The van der Waals surface area contributed by atoms with Crippen molar-refractivity contribution in [2.24, 2.45) is 0 Å². The number of carbonyl (C=O) groups is 3. The fourth-order valence-electron chi connectivity index (χ4n) is 1.44. The normalized spacial score (nSPS) is 11.5. The first-order valence-electron chi connectivity index (χ1n) is 6.80. The average Bonchev–Trinajstić information content (AvgIpc) is 2.53. The van der Waals surface area contributed by atoms with Crippen LogP contribution in [0.2, 0.25) is 15.2 Å². The molecule has 0 unspecified atom stereocenters. The summed E-state index contributed by atoms with van der Waals surface area (Å²) in [5, 5.41) is 4.20. The molecule has 0 fully saturated rings. The molecule has 1 atom stereocenters. The van der Waals surface area contributed by atoms with E-state index in [0.717, 1.165) is 0 Å². The zero-order valence-corrected chi connectivity index (χ0v) is 15.1. The molecule has 0 aromatic carbocycles. The van der Waals surface area contributed by atoms with Crippen molar-refractivity contribution >= 4 is 58.4 Å². The van der Waals surface area contributed by atoms with Crippen LogP contribution in [0.4, 0.5) is 10.5 Å². The number of nitrogen functional groups attached to an aromatic ring is 1. The molecule has 11 heteroatoms. The second-order valence-corrected chi connectivity index (χ2v) is 5.90. The second-order valence-electron chi connectivity index (χ2n) is 4.76. The number of pyridine rings is 1. The quantitative estimate of drug-likeness (QED) is 0.515. The van der Waals surface area contributed by atoms with Crippen LogP contribution in [0.15, 0.2) is 0 Å².